The van der Waals surface area contributed by atoms with Gasteiger partial charge in [-0.3, -0.25) is 9.36 Å². The van der Waals surface area contributed by atoms with Crippen molar-refractivity contribution >= 4 is 21.6 Å². The molecule has 170 valence electrons. The SMILES string of the molecule is CC(C)(C)c1ccc(OCCn2c(-c3ccccc3)nc3sc4c(c3c2=O)CCCC4)cc1. The lowest BCUT2D eigenvalue weighted by Gasteiger charge is -2.19. The number of aromatic nitrogens is 2. The topological polar surface area (TPSA) is 44.1 Å². The molecule has 4 nitrogen and oxygen atoms in total. The van der Waals surface area contributed by atoms with Gasteiger partial charge in [0.2, 0.25) is 0 Å². The van der Waals surface area contributed by atoms with Gasteiger partial charge in [0.15, 0.2) is 0 Å². The van der Waals surface area contributed by atoms with E-state index < -0.39 is 0 Å². The molecule has 5 rings (SSSR count). The van der Waals surface area contributed by atoms with Crippen LogP contribution < -0.4 is 10.3 Å². The number of thiophene rings is 1. The van der Waals surface area contributed by atoms with E-state index in [-0.39, 0.29) is 11.0 Å². The van der Waals surface area contributed by atoms with Gasteiger partial charge in [0, 0.05) is 10.4 Å². The standard InChI is InChI=1S/C28H30N2O2S/c1-28(2,3)20-13-15-21(16-14-20)32-18-17-30-25(19-9-5-4-6-10-19)29-26-24(27(30)31)22-11-7-8-12-23(22)33-26/h4-6,9-10,13-16H,7-8,11-12,17-18H2,1-3H3. The summed E-state index contributed by atoms with van der Waals surface area (Å²) >= 11 is 1.70. The van der Waals surface area contributed by atoms with Gasteiger partial charge in [0.05, 0.1) is 11.9 Å². The summed E-state index contributed by atoms with van der Waals surface area (Å²) < 4.78 is 7.85. The summed E-state index contributed by atoms with van der Waals surface area (Å²) in [4.78, 5) is 20.9. The van der Waals surface area contributed by atoms with Crippen LogP contribution in [-0.4, -0.2) is 16.2 Å². The molecule has 0 aliphatic heterocycles. The maximum Gasteiger partial charge on any atom is 0.262 e. The average molecular weight is 459 g/mol. The fourth-order valence-corrected chi connectivity index (χ4v) is 5.81. The van der Waals surface area contributed by atoms with Crippen LogP contribution >= 0.6 is 11.3 Å². The minimum atomic E-state index is 0.0601. The Kier molecular flexibility index (Phi) is 5.83. The lowest BCUT2D eigenvalue weighted by Crippen LogP contribution is -2.26. The molecule has 0 saturated heterocycles. The van der Waals surface area contributed by atoms with Crippen LogP contribution in [0.4, 0.5) is 0 Å². The highest BCUT2D eigenvalue weighted by atomic mass is 32.1. The Bertz CT molecular complexity index is 1330. The van der Waals surface area contributed by atoms with Gasteiger partial charge >= 0.3 is 0 Å². The van der Waals surface area contributed by atoms with E-state index in [9.17, 15) is 4.79 Å². The minimum absolute atomic E-state index is 0.0601. The van der Waals surface area contributed by atoms with Gasteiger partial charge in [0.25, 0.3) is 5.56 Å². The summed E-state index contributed by atoms with van der Waals surface area (Å²) in [6.07, 6.45) is 4.38. The molecule has 0 spiro atoms. The lowest BCUT2D eigenvalue weighted by atomic mass is 9.87. The Balaban J connectivity index is 1.48. The highest BCUT2D eigenvalue weighted by Gasteiger charge is 2.22. The van der Waals surface area contributed by atoms with Crippen LogP contribution in [0, 0.1) is 0 Å². The zero-order chi connectivity index (χ0) is 23.0. The smallest absolute Gasteiger partial charge is 0.262 e. The van der Waals surface area contributed by atoms with Gasteiger partial charge in [-0.05, 0) is 54.4 Å². The van der Waals surface area contributed by atoms with Crippen LogP contribution in [0.1, 0.15) is 49.6 Å². The first-order valence-electron chi connectivity index (χ1n) is 11.8. The number of hydrogen-bond donors (Lipinski definition) is 0. The third-order valence-electron chi connectivity index (χ3n) is 6.41. The zero-order valence-corrected chi connectivity index (χ0v) is 20.4. The Morgan fingerprint density at radius 2 is 1.73 bits per heavy atom. The van der Waals surface area contributed by atoms with Crippen molar-refractivity contribution in [2.24, 2.45) is 0 Å². The monoisotopic (exact) mass is 458 g/mol. The normalized spacial score (nSPS) is 13.8. The van der Waals surface area contributed by atoms with Crippen molar-refractivity contribution in [2.75, 3.05) is 6.61 Å². The number of ether oxygens (including phenoxy) is 1. The summed E-state index contributed by atoms with van der Waals surface area (Å²) in [6, 6.07) is 18.2. The van der Waals surface area contributed by atoms with E-state index in [0.29, 0.717) is 13.2 Å². The van der Waals surface area contributed by atoms with Gasteiger partial charge in [-0.1, -0.05) is 63.2 Å². The summed E-state index contributed by atoms with van der Waals surface area (Å²) in [7, 11) is 0. The van der Waals surface area contributed by atoms with E-state index in [1.807, 2.05) is 47.0 Å². The number of rotatable bonds is 5. The molecule has 0 amide bonds. The molecule has 0 bridgehead atoms. The predicted molar refractivity (Wildman–Crippen MR) is 137 cm³/mol. The van der Waals surface area contributed by atoms with Crippen LogP contribution in [0.25, 0.3) is 21.6 Å². The molecule has 2 aromatic carbocycles. The van der Waals surface area contributed by atoms with Crippen molar-refractivity contribution in [3.8, 4) is 17.1 Å². The van der Waals surface area contributed by atoms with Crippen molar-refractivity contribution in [3.63, 3.8) is 0 Å². The maximum absolute atomic E-state index is 13.7. The number of hydrogen-bond acceptors (Lipinski definition) is 4. The second-order valence-corrected chi connectivity index (χ2v) is 10.9. The van der Waals surface area contributed by atoms with Gasteiger partial charge in [-0.2, -0.15) is 0 Å². The van der Waals surface area contributed by atoms with Crippen molar-refractivity contribution in [1.82, 2.24) is 9.55 Å². The van der Waals surface area contributed by atoms with Crippen molar-refractivity contribution in [3.05, 3.63) is 81.0 Å². The molecule has 4 aromatic rings. The molecule has 1 aliphatic carbocycles. The Labute approximate surface area is 198 Å². The minimum Gasteiger partial charge on any atom is -0.492 e. The second-order valence-electron chi connectivity index (χ2n) is 9.77. The van der Waals surface area contributed by atoms with Crippen LogP contribution in [-0.2, 0) is 24.8 Å². The van der Waals surface area contributed by atoms with Gasteiger partial charge in [-0.15, -0.1) is 11.3 Å². The van der Waals surface area contributed by atoms with Gasteiger partial charge in [0.1, 0.15) is 23.0 Å². The van der Waals surface area contributed by atoms with E-state index in [1.54, 1.807) is 11.3 Å². The zero-order valence-electron chi connectivity index (χ0n) is 19.6. The molecule has 0 fully saturated rings. The molecule has 0 N–H and O–H groups in total. The summed E-state index contributed by atoms with van der Waals surface area (Å²) in [6.45, 7) is 7.47. The Hall–Kier alpha value is -2.92. The van der Waals surface area contributed by atoms with E-state index in [4.69, 9.17) is 9.72 Å². The third-order valence-corrected chi connectivity index (χ3v) is 7.60. The van der Waals surface area contributed by atoms with Gasteiger partial charge in [-0.25, -0.2) is 4.98 Å². The first kappa shape index (κ1) is 21.9. The fraction of sp³-hybridized carbons (Fsp3) is 0.357. The van der Waals surface area contributed by atoms with Crippen molar-refractivity contribution in [1.29, 1.82) is 0 Å². The number of aryl methyl sites for hydroxylation is 2. The Morgan fingerprint density at radius 3 is 2.45 bits per heavy atom. The molecule has 1 aliphatic rings. The van der Waals surface area contributed by atoms with Crippen molar-refractivity contribution < 1.29 is 4.74 Å². The quantitative estimate of drug-likeness (QED) is 0.348. The van der Waals surface area contributed by atoms with E-state index in [1.165, 1.54) is 22.4 Å². The predicted octanol–water partition coefficient (Wildman–Crippen LogP) is 6.38. The number of nitrogens with zero attached hydrogens (tertiary/aromatic N) is 2. The first-order valence-corrected chi connectivity index (χ1v) is 12.6. The molecular formula is C28H30N2O2S. The molecule has 0 radical (unpaired) electrons. The number of fused-ring (bicyclic) bond motifs is 3. The molecule has 2 aromatic heterocycles. The number of benzene rings is 2. The summed E-state index contributed by atoms with van der Waals surface area (Å²) in [5.41, 5.74) is 3.62. The molecule has 0 saturated carbocycles. The van der Waals surface area contributed by atoms with Crippen LogP contribution in [0.5, 0.6) is 5.75 Å². The molecule has 2 heterocycles. The van der Waals surface area contributed by atoms with Crippen LogP contribution in [0.2, 0.25) is 0 Å². The maximum atomic E-state index is 13.7. The molecule has 5 heteroatoms. The molecule has 0 atom stereocenters. The molecular weight excluding hydrogens is 428 g/mol. The average Bonchev–Trinajstić information content (AvgIpc) is 3.19. The van der Waals surface area contributed by atoms with Crippen molar-refractivity contribution in [2.45, 2.75) is 58.4 Å². The van der Waals surface area contributed by atoms with Crippen LogP contribution in [0.3, 0.4) is 0 Å². The summed E-state index contributed by atoms with van der Waals surface area (Å²) in [5, 5.41) is 0.823. The molecule has 0 unspecified atom stereocenters. The summed E-state index contributed by atoms with van der Waals surface area (Å²) in [5.74, 6) is 1.54. The van der Waals surface area contributed by atoms with E-state index in [2.05, 4.69) is 32.9 Å². The Morgan fingerprint density at radius 1 is 1.00 bits per heavy atom. The third kappa shape index (κ3) is 4.34. The highest BCUT2D eigenvalue weighted by molar-refractivity contribution is 7.18. The van der Waals surface area contributed by atoms with Gasteiger partial charge < -0.3 is 4.74 Å². The van der Waals surface area contributed by atoms with E-state index >= 15 is 0 Å². The second kappa shape index (κ2) is 8.79. The highest BCUT2D eigenvalue weighted by Crippen LogP contribution is 2.34. The first-order chi connectivity index (χ1) is 15.9. The lowest BCUT2D eigenvalue weighted by molar-refractivity contribution is 0.296. The fourth-order valence-electron chi connectivity index (χ4n) is 4.56. The largest absolute Gasteiger partial charge is 0.492 e. The van der Waals surface area contributed by atoms with Crippen LogP contribution in [0.15, 0.2) is 59.4 Å². The molecule has 33 heavy (non-hydrogen) atoms. The van der Waals surface area contributed by atoms with E-state index in [0.717, 1.165) is 46.6 Å².